The maximum Gasteiger partial charge on any atom is 0.416 e. The van der Waals surface area contributed by atoms with Crippen LogP contribution in [-0.2, 0) is 16.0 Å². The van der Waals surface area contributed by atoms with Gasteiger partial charge in [0.15, 0.2) is 0 Å². The lowest BCUT2D eigenvalue weighted by Gasteiger charge is -2.20. The molecular weight excluding hydrogens is 564 g/mol. The van der Waals surface area contributed by atoms with Crippen molar-refractivity contribution in [2.24, 2.45) is 0 Å². The number of ketones is 2. The molecule has 2 aromatic heterocycles. The summed E-state index contributed by atoms with van der Waals surface area (Å²) in [5.74, 6) is -0.724. The van der Waals surface area contributed by atoms with E-state index in [0.717, 1.165) is 16.6 Å². The van der Waals surface area contributed by atoms with Crippen molar-refractivity contribution in [1.82, 2.24) is 9.55 Å². The molecule has 0 unspecified atom stereocenters. The quantitative estimate of drug-likeness (QED) is 0.267. The first-order valence-corrected chi connectivity index (χ1v) is 12.2. The minimum absolute atomic E-state index is 0.114. The lowest BCUT2D eigenvalue weighted by molar-refractivity contribution is -0.113. The predicted molar refractivity (Wildman–Crippen MR) is 139 cm³/mol. The number of carbonyl (C=O) groups excluding carboxylic acids is 2. The molecule has 2 heterocycles. The molecule has 0 aliphatic heterocycles. The van der Waals surface area contributed by atoms with Crippen LogP contribution >= 0.6 is 31.9 Å². The highest BCUT2D eigenvalue weighted by atomic mass is 79.9. The Bertz CT molecular complexity index is 1640. The minimum atomic E-state index is -1.14. The van der Waals surface area contributed by atoms with Crippen molar-refractivity contribution in [1.29, 1.82) is 0 Å². The molecule has 1 aliphatic rings. The molecule has 1 aliphatic carbocycles. The summed E-state index contributed by atoms with van der Waals surface area (Å²) in [6.07, 6.45) is -0.785. The number of hydrogen-bond acceptors (Lipinski definition) is 3. The largest absolute Gasteiger partial charge is 0.464 e. The van der Waals surface area contributed by atoms with Crippen LogP contribution in [0.4, 0.5) is 4.79 Å². The van der Waals surface area contributed by atoms with E-state index in [-0.39, 0.29) is 31.7 Å². The standard InChI is InChI=1S/C26H18Br2N2O4/c1-3-16-19(14-9-5-7-11-17(14)30(16)26(33)34)21-23(28)24(31)20(22(27)25(21)32)18-12(2)29-15-10-6-4-8-13(15)18/h4-11,29H,3H2,1-2H3,(H,33,34). The lowest BCUT2D eigenvalue weighted by Crippen LogP contribution is -2.20. The second-order valence-corrected chi connectivity index (χ2v) is 9.60. The number of allylic oxidation sites excluding steroid dienone is 4. The average Bonchev–Trinajstić information content (AvgIpc) is 3.33. The molecule has 0 spiro atoms. The molecule has 0 saturated carbocycles. The van der Waals surface area contributed by atoms with Crippen molar-refractivity contribution in [3.8, 4) is 0 Å². The number of fused-ring (bicyclic) bond motifs is 2. The molecule has 0 saturated heterocycles. The van der Waals surface area contributed by atoms with E-state index < -0.39 is 6.09 Å². The van der Waals surface area contributed by atoms with Crippen LogP contribution in [0.3, 0.4) is 0 Å². The first-order chi connectivity index (χ1) is 16.3. The molecule has 4 aromatic rings. The fraction of sp³-hybridized carbons (Fsp3) is 0.115. The van der Waals surface area contributed by atoms with Gasteiger partial charge in [-0.15, -0.1) is 0 Å². The summed E-state index contributed by atoms with van der Waals surface area (Å²) in [6.45, 7) is 3.69. The van der Waals surface area contributed by atoms with Crippen molar-refractivity contribution in [3.05, 3.63) is 80.0 Å². The Balaban J connectivity index is 1.80. The van der Waals surface area contributed by atoms with Gasteiger partial charge in [-0.25, -0.2) is 9.36 Å². The number of hydrogen-bond donors (Lipinski definition) is 2. The molecule has 34 heavy (non-hydrogen) atoms. The summed E-state index contributed by atoms with van der Waals surface area (Å²) in [4.78, 5) is 43.0. The number of aromatic amines is 1. The fourth-order valence-electron chi connectivity index (χ4n) is 4.82. The summed E-state index contributed by atoms with van der Waals surface area (Å²) in [5.41, 5.74) is 4.11. The molecular formula is C26H18Br2N2O4. The number of carbonyl (C=O) groups is 3. The number of Topliss-reactive ketones (excluding diaryl/α,β-unsaturated/α-hetero) is 2. The molecule has 0 radical (unpaired) electrons. The SMILES string of the molecule is CCc1c(C2=C(Br)C(=O)C(c3c(C)[nH]c4ccccc34)=C(Br)C2=O)c2ccccc2n1C(=O)O. The zero-order valence-corrected chi connectivity index (χ0v) is 21.4. The van der Waals surface area contributed by atoms with E-state index in [1.165, 1.54) is 4.57 Å². The van der Waals surface area contributed by atoms with Crippen molar-refractivity contribution in [3.63, 3.8) is 0 Å². The topological polar surface area (TPSA) is 92.2 Å². The number of carboxylic acid groups (broad SMARTS) is 1. The van der Waals surface area contributed by atoms with Crippen molar-refractivity contribution in [2.45, 2.75) is 20.3 Å². The van der Waals surface area contributed by atoms with E-state index in [4.69, 9.17) is 0 Å². The smallest absolute Gasteiger partial charge is 0.416 e. The molecule has 0 atom stereocenters. The van der Waals surface area contributed by atoms with Crippen LogP contribution in [0.2, 0.25) is 0 Å². The van der Waals surface area contributed by atoms with Crippen molar-refractivity contribution < 1.29 is 19.5 Å². The van der Waals surface area contributed by atoms with Gasteiger partial charge in [-0.2, -0.15) is 0 Å². The average molecular weight is 582 g/mol. The fourth-order valence-corrected chi connectivity index (χ4v) is 5.97. The lowest BCUT2D eigenvalue weighted by atomic mass is 9.86. The number of aromatic nitrogens is 2. The zero-order valence-electron chi connectivity index (χ0n) is 18.2. The Kier molecular flexibility index (Phi) is 5.45. The van der Waals surface area contributed by atoms with Gasteiger partial charge in [-0.05, 0) is 57.3 Å². The van der Waals surface area contributed by atoms with Gasteiger partial charge in [0.05, 0.1) is 25.6 Å². The molecule has 5 rings (SSSR count). The predicted octanol–water partition coefficient (Wildman–Crippen LogP) is 6.58. The second kappa shape index (κ2) is 8.21. The molecule has 0 fully saturated rings. The Morgan fingerprint density at radius 1 is 0.912 bits per heavy atom. The van der Waals surface area contributed by atoms with Gasteiger partial charge in [0.25, 0.3) is 0 Å². The van der Waals surface area contributed by atoms with Gasteiger partial charge in [0.2, 0.25) is 11.6 Å². The number of H-pyrrole nitrogens is 1. The highest BCUT2D eigenvalue weighted by Gasteiger charge is 2.38. The van der Waals surface area contributed by atoms with Crippen LogP contribution in [0.5, 0.6) is 0 Å². The molecule has 8 heteroatoms. The van der Waals surface area contributed by atoms with Gasteiger partial charge >= 0.3 is 6.09 Å². The van der Waals surface area contributed by atoms with Gasteiger partial charge < -0.3 is 10.1 Å². The summed E-state index contributed by atoms with van der Waals surface area (Å²) >= 11 is 6.85. The van der Waals surface area contributed by atoms with Gasteiger partial charge in [-0.3, -0.25) is 9.59 Å². The van der Waals surface area contributed by atoms with Crippen LogP contribution in [0.15, 0.2) is 57.5 Å². The number of aryl methyl sites for hydroxylation is 1. The first-order valence-electron chi connectivity index (χ1n) is 10.6. The Labute approximate surface area is 211 Å². The molecule has 2 N–H and O–H groups in total. The van der Waals surface area contributed by atoms with Gasteiger partial charge in [0, 0.05) is 38.8 Å². The molecule has 2 aromatic carbocycles. The van der Waals surface area contributed by atoms with Crippen LogP contribution < -0.4 is 0 Å². The van der Waals surface area contributed by atoms with Crippen LogP contribution in [-0.4, -0.2) is 32.3 Å². The van der Waals surface area contributed by atoms with E-state index in [2.05, 4.69) is 36.8 Å². The van der Waals surface area contributed by atoms with Crippen LogP contribution in [0.1, 0.15) is 29.4 Å². The van der Waals surface area contributed by atoms with E-state index in [0.29, 0.717) is 34.1 Å². The molecule has 170 valence electrons. The number of para-hydroxylation sites is 2. The zero-order chi connectivity index (χ0) is 24.3. The Morgan fingerprint density at radius 2 is 1.47 bits per heavy atom. The molecule has 6 nitrogen and oxygen atoms in total. The third-order valence-electron chi connectivity index (χ3n) is 6.18. The minimum Gasteiger partial charge on any atom is -0.464 e. The first kappa shape index (κ1) is 22.6. The van der Waals surface area contributed by atoms with E-state index in [1.807, 2.05) is 38.1 Å². The van der Waals surface area contributed by atoms with Crippen molar-refractivity contribution in [2.75, 3.05) is 0 Å². The summed E-state index contributed by atoms with van der Waals surface area (Å²) < 4.78 is 1.45. The third-order valence-corrected chi connectivity index (χ3v) is 7.70. The monoisotopic (exact) mass is 580 g/mol. The summed E-state index contributed by atoms with van der Waals surface area (Å²) in [7, 11) is 0. The van der Waals surface area contributed by atoms with Crippen molar-refractivity contribution >= 4 is 82.5 Å². The number of halogens is 2. The van der Waals surface area contributed by atoms with Gasteiger partial charge in [-0.1, -0.05) is 43.3 Å². The van der Waals surface area contributed by atoms with Crippen LogP contribution in [0, 0.1) is 6.92 Å². The van der Waals surface area contributed by atoms with Crippen LogP contribution in [0.25, 0.3) is 33.0 Å². The Morgan fingerprint density at radius 3 is 2.09 bits per heavy atom. The highest BCUT2D eigenvalue weighted by Crippen LogP contribution is 2.45. The highest BCUT2D eigenvalue weighted by molar-refractivity contribution is 9.12. The molecule has 0 amide bonds. The maximum absolute atomic E-state index is 13.8. The summed E-state index contributed by atoms with van der Waals surface area (Å²) in [5, 5.41) is 11.3. The Hall–Kier alpha value is -3.23. The number of rotatable bonds is 3. The number of benzene rings is 2. The normalized spacial score (nSPS) is 14.7. The van der Waals surface area contributed by atoms with Gasteiger partial charge in [0.1, 0.15) is 0 Å². The molecule has 0 bridgehead atoms. The van der Waals surface area contributed by atoms with E-state index in [9.17, 15) is 19.5 Å². The third kappa shape index (κ3) is 3.09. The number of nitrogens with zero attached hydrogens (tertiary/aromatic N) is 1. The number of nitrogens with one attached hydrogen (secondary N) is 1. The second-order valence-electron chi connectivity index (χ2n) is 8.02. The van der Waals surface area contributed by atoms with E-state index >= 15 is 0 Å². The summed E-state index contributed by atoms with van der Waals surface area (Å²) in [6, 6.07) is 14.6. The van der Waals surface area contributed by atoms with E-state index in [1.54, 1.807) is 24.3 Å². The maximum atomic E-state index is 13.8.